The predicted octanol–water partition coefficient (Wildman–Crippen LogP) is 0.882. The van der Waals surface area contributed by atoms with Gasteiger partial charge in [0.25, 0.3) is 0 Å². The topological polar surface area (TPSA) is 77.0 Å². The largest absolute Gasteiger partial charge is 0.356 e. The first-order chi connectivity index (χ1) is 12.5. The van der Waals surface area contributed by atoms with Crippen LogP contribution in [0.2, 0.25) is 0 Å². The molecule has 1 aliphatic carbocycles. The number of hydrogen-bond donors (Lipinski definition) is 2. The molecule has 8 heteroatoms. The summed E-state index contributed by atoms with van der Waals surface area (Å²) >= 11 is 1.68. The molecule has 1 unspecified atom stereocenters. The van der Waals surface area contributed by atoms with Crippen molar-refractivity contribution in [3.05, 3.63) is 22.4 Å². The Bertz CT molecular complexity index is 655. The molecule has 0 aromatic carbocycles. The zero-order valence-corrected chi connectivity index (χ0v) is 16.2. The molecule has 3 rings (SSSR count). The van der Waals surface area contributed by atoms with Crippen LogP contribution in [0.4, 0.5) is 0 Å². The van der Waals surface area contributed by atoms with Crippen LogP contribution in [0.3, 0.4) is 0 Å². The summed E-state index contributed by atoms with van der Waals surface area (Å²) in [6, 6.07) is 4.55. The van der Waals surface area contributed by atoms with Gasteiger partial charge in [-0.2, -0.15) is 0 Å². The highest BCUT2D eigenvalue weighted by Crippen LogP contribution is 2.32. The molecule has 1 aliphatic heterocycles. The van der Waals surface area contributed by atoms with Crippen LogP contribution in [0.5, 0.6) is 0 Å². The van der Waals surface area contributed by atoms with Gasteiger partial charge in [-0.25, -0.2) is 4.99 Å². The van der Waals surface area contributed by atoms with Crippen molar-refractivity contribution in [1.29, 1.82) is 0 Å². The number of thiophene rings is 1. The second kappa shape index (κ2) is 8.53. The van der Waals surface area contributed by atoms with E-state index in [0.29, 0.717) is 37.4 Å². The molecule has 7 nitrogen and oxygen atoms in total. The van der Waals surface area contributed by atoms with Gasteiger partial charge in [0.05, 0.1) is 6.54 Å². The van der Waals surface area contributed by atoms with Crippen molar-refractivity contribution in [3.63, 3.8) is 0 Å². The van der Waals surface area contributed by atoms with E-state index in [1.54, 1.807) is 25.4 Å². The van der Waals surface area contributed by atoms with Gasteiger partial charge in [-0.15, -0.1) is 11.3 Å². The molecule has 2 aliphatic rings. The molecular formula is C18H27N5O2S. The van der Waals surface area contributed by atoms with E-state index in [2.05, 4.69) is 21.7 Å². The molecule has 2 amide bonds. The normalized spacial score (nSPS) is 20.4. The third kappa shape index (κ3) is 5.20. The second-order valence-corrected chi connectivity index (χ2v) is 8.15. The number of nitrogens with one attached hydrogen (secondary N) is 2. The lowest BCUT2D eigenvalue weighted by atomic mass is 10.1. The van der Waals surface area contributed by atoms with Gasteiger partial charge in [-0.1, -0.05) is 6.07 Å². The summed E-state index contributed by atoms with van der Waals surface area (Å²) in [4.78, 5) is 33.1. The summed E-state index contributed by atoms with van der Waals surface area (Å²) in [5.41, 5.74) is 0. The molecule has 1 atom stereocenters. The Labute approximate surface area is 158 Å². The summed E-state index contributed by atoms with van der Waals surface area (Å²) in [5, 5.41) is 8.63. The van der Waals surface area contributed by atoms with Gasteiger partial charge in [0.2, 0.25) is 11.8 Å². The van der Waals surface area contributed by atoms with Crippen molar-refractivity contribution in [2.45, 2.75) is 31.8 Å². The second-order valence-electron chi connectivity index (χ2n) is 7.11. The molecule has 2 N–H and O–H groups in total. The minimum Gasteiger partial charge on any atom is -0.356 e. The Morgan fingerprint density at radius 2 is 2.19 bits per heavy atom. The highest BCUT2D eigenvalue weighted by molar-refractivity contribution is 7.09. The third-order valence-corrected chi connectivity index (χ3v) is 5.54. The van der Waals surface area contributed by atoms with E-state index in [9.17, 15) is 9.59 Å². The molecule has 26 heavy (non-hydrogen) atoms. The summed E-state index contributed by atoms with van der Waals surface area (Å²) in [5.74, 6) is 1.14. The molecule has 1 aromatic rings. The zero-order valence-electron chi connectivity index (χ0n) is 15.4. The SMILES string of the molecule is CN(C)C(=O)CN=C(NCc1cccs1)NCC1CC(=O)N(C2CC2)C1. The van der Waals surface area contributed by atoms with Crippen LogP contribution in [0.15, 0.2) is 22.5 Å². The van der Waals surface area contributed by atoms with Crippen LogP contribution < -0.4 is 10.6 Å². The smallest absolute Gasteiger partial charge is 0.243 e. The molecule has 0 spiro atoms. The van der Waals surface area contributed by atoms with E-state index in [-0.39, 0.29) is 18.4 Å². The van der Waals surface area contributed by atoms with Crippen LogP contribution >= 0.6 is 11.3 Å². The summed E-state index contributed by atoms with van der Waals surface area (Å²) in [6.07, 6.45) is 2.89. The standard InChI is InChI=1S/C18H27N5O2S/c1-22(2)17(25)11-21-18(20-10-15-4-3-7-26-15)19-9-13-8-16(24)23(12-13)14-5-6-14/h3-4,7,13-14H,5-6,8-12H2,1-2H3,(H2,19,20,21). The minimum atomic E-state index is -0.0434. The van der Waals surface area contributed by atoms with E-state index in [4.69, 9.17) is 0 Å². The van der Waals surface area contributed by atoms with Gasteiger partial charge >= 0.3 is 0 Å². The highest BCUT2D eigenvalue weighted by atomic mass is 32.1. The number of aliphatic imine (C=N–C) groups is 1. The van der Waals surface area contributed by atoms with Crippen molar-refractivity contribution in [1.82, 2.24) is 20.4 Å². The van der Waals surface area contributed by atoms with Gasteiger partial charge in [0, 0.05) is 50.4 Å². The maximum Gasteiger partial charge on any atom is 0.243 e. The fourth-order valence-corrected chi connectivity index (χ4v) is 3.62. The van der Waals surface area contributed by atoms with Crippen molar-refractivity contribution in [2.75, 3.05) is 33.7 Å². The van der Waals surface area contributed by atoms with Crippen LogP contribution in [-0.2, 0) is 16.1 Å². The van der Waals surface area contributed by atoms with Crippen molar-refractivity contribution in [3.8, 4) is 0 Å². The van der Waals surface area contributed by atoms with Crippen LogP contribution in [-0.4, -0.2) is 67.3 Å². The number of amides is 2. The number of guanidine groups is 1. The van der Waals surface area contributed by atoms with Gasteiger partial charge < -0.3 is 20.4 Å². The molecular weight excluding hydrogens is 350 g/mol. The number of likely N-dealkylation sites (tertiary alicyclic amines) is 1. The molecule has 1 saturated heterocycles. The van der Waals surface area contributed by atoms with Gasteiger partial charge in [-0.05, 0) is 24.3 Å². The van der Waals surface area contributed by atoms with Crippen LogP contribution in [0, 0.1) is 5.92 Å². The van der Waals surface area contributed by atoms with Crippen LogP contribution in [0.25, 0.3) is 0 Å². The quantitative estimate of drug-likeness (QED) is 0.546. The molecule has 1 aromatic heterocycles. The Balaban J connectivity index is 1.53. The first kappa shape index (κ1) is 18.7. The van der Waals surface area contributed by atoms with Crippen LogP contribution in [0.1, 0.15) is 24.1 Å². The number of carbonyl (C=O) groups excluding carboxylic acids is 2. The molecule has 0 bridgehead atoms. The van der Waals surface area contributed by atoms with E-state index in [1.807, 2.05) is 16.3 Å². The Morgan fingerprint density at radius 1 is 1.38 bits per heavy atom. The van der Waals surface area contributed by atoms with Gasteiger partial charge in [-0.3, -0.25) is 9.59 Å². The maximum absolute atomic E-state index is 12.1. The van der Waals surface area contributed by atoms with Gasteiger partial charge in [0.1, 0.15) is 6.54 Å². The first-order valence-corrected chi connectivity index (χ1v) is 9.95. The molecule has 2 fully saturated rings. The fraction of sp³-hybridized carbons (Fsp3) is 0.611. The number of hydrogen-bond acceptors (Lipinski definition) is 4. The van der Waals surface area contributed by atoms with E-state index in [1.165, 1.54) is 9.78 Å². The zero-order chi connectivity index (χ0) is 18.5. The summed E-state index contributed by atoms with van der Waals surface area (Å²) in [6.45, 7) is 2.27. The summed E-state index contributed by atoms with van der Waals surface area (Å²) < 4.78 is 0. The number of nitrogens with zero attached hydrogens (tertiary/aromatic N) is 3. The monoisotopic (exact) mass is 377 g/mol. The lowest BCUT2D eigenvalue weighted by molar-refractivity contribution is -0.128. The van der Waals surface area contributed by atoms with E-state index >= 15 is 0 Å². The number of carbonyl (C=O) groups is 2. The van der Waals surface area contributed by atoms with Crippen molar-refractivity contribution >= 4 is 29.1 Å². The molecule has 1 saturated carbocycles. The molecule has 142 valence electrons. The average Bonchev–Trinajstić information content (AvgIpc) is 3.18. The maximum atomic E-state index is 12.1. The summed E-state index contributed by atoms with van der Waals surface area (Å²) in [7, 11) is 3.45. The Kier molecular flexibility index (Phi) is 6.13. The van der Waals surface area contributed by atoms with E-state index < -0.39 is 0 Å². The average molecular weight is 378 g/mol. The first-order valence-electron chi connectivity index (χ1n) is 9.07. The number of likely N-dealkylation sites (N-methyl/N-ethyl adjacent to an activating group) is 1. The van der Waals surface area contributed by atoms with Gasteiger partial charge in [0.15, 0.2) is 5.96 Å². The third-order valence-electron chi connectivity index (χ3n) is 4.67. The Hall–Kier alpha value is -2.09. The Morgan fingerprint density at radius 3 is 2.85 bits per heavy atom. The molecule has 0 radical (unpaired) electrons. The van der Waals surface area contributed by atoms with Crippen molar-refractivity contribution in [2.24, 2.45) is 10.9 Å². The minimum absolute atomic E-state index is 0.0434. The lowest BCUT2D eigenvalue weighted by Gasteiger charge is -2.17. The predicted molar refractivity (Wildman–Crippen MR) is 103 cm³/mol. The van der Waals surface area contributed by atoms with Crippen molar-refractivity contribution < 1.29 is 9.59 Å². The lowest BCUT2D eigenvalue weighted by Crippen LogP contribution is -2.41. The number of rotatable bonds is 7. The molecule has 2 heterocycles. The highest BCUT2D eigenvalue weighted by Gasteiger charge is 2.39. The fourth-order valence-electron chi connectivity index (χ4n) is 2.97. The van der Waals surface area contributed by atoms with E-state index in [0.717, 1.165) is 19.4 Å².